The Bertz CT molecular complexity index is 1060. The maximum Gasteiger partial charge on any atom is 0.256 e. The van der Waals surface area contributed by atoms with E-state index in [-0.39, 0.29) is 17.9 Å². The zero-order valence-electron chi connectivity index (χ0n) is 19.1. The number of piperidine rings is 1. The molecular formula is C28H31N3O2. The third-order valence-electron chi connectivity index (χ3n) is 6.15. The molecule has 0 aliphatic carbocycles. The van der Waals surface area contributed by atoms with Gasteiger partial charge in [0.1, 0.15) is 0 Å². The first-order valence-corrected chi connectivity index (χ1v) is 11.6. The van der Waals surface area contributed by atoms with Crippen LogP contribution in [0.1, 0.15) is 34.3 Å². The van der Waals surface area contributed by atoms with Crippen molar-refractivity contribution in [2.45, 2.75) is 31.8 Å². The van der Waals surface area contributed by atoms with Gasteiger partial charge >= 0.3 is 0 Å². The second-order valence-corrected chi connectivity index (χ2v) is 8.66. The zero-order chi connectivity index (χ0) is 23.0. The average Bonchev–Trinajstić information content (AvgIpc) is 2.85. The lowest BCUT2D eigenvalue weighted by atomic mass is 10.0. The summed E-state index contributed by atoms with van der Waals surface area (Å²) >= 11 is 0. The van der Waals surface area contributed by atoms with Gasteiger partial charge in [-0.3, -0.25) is 9.59 Å². The molecule has 0 aromatic heterocycles. The summed E-state index contributed by atoms with van der Waals surface area (Å²) in [6, 6.07) is 27.9. The van der Waals surface area contributed by atoms with Crippen molar-refractivity contribution in [3.05, 3.63) is 102 Å². The number of benzene rings is 3. The standard InChI is InChI=1S/C28H31N3O2/c1-30(21-23-12-6-3-7-13-23)28(33)25-14-8-9-15-26(25)31-18-16-24(17-19-31)29-27(32)20-22-10-4-2-5-11-22/h2-15,24H,16-21H2,1H3,(H,29,32). The maximum absolute atomic E-state index is 13.2. The Morgan fingerprint density at radius 1 is 0.848 bits per heavy atom. The SMILES string of the molecule is CN(Cc1ccccc1)C(=O)c1ccccc1N1CCC(NC(=O)Cc2ccccc2)CC1. The number of carbonyl (C=O) groups excluding carboxylic acids is 2. The zero-order valence-corrected chi connectivity index (χ0v) is 19.1. The molecule has 33 heavy (non-hydrogen) atoms. The Balaban J connectivity index is 1.35. The molecule has 3 aromatic rings. The number of anilines is 1. The van der Waals surface area contributed by atoms with E-state index in [0.717, 1.165) is 48.3 Å². The fourth-order valence-corrected chi connectivity index (χ4v) is 4.39. The molecule has 0 bridgehead atoms. The number of nitrogens with one attached hydrogen (secondary N) is 1. The van der Waals surface area contributed by atoms with Crippen molar-refractivity contribution in [2.24, 2.45) is 0 Å². The van der Waals surface area contributed by atoms with Gasteiger partial charge in [0.2, 0.25) is 5.91 Å². The minimum Gasteiger partial charge on any atom is -0.371 e. The van der Waals surface area contributed by atoms with E-state index in [1.807, 2.05) is 92.0 Å². The smallest absolute Gasteiger partial charge is 0.256 e. The van der Waals surface area contributed by atoms with Crippen LogP contribution in [0.4, 0.5) is 5.69 Å². The van der Waals surface area contributed by atoms with Crippen LogP contribution in [-0.2, 0) is 17.8 Å². The van der Waals surface area contributed by atoms with Crippen molar-refractivity contribution in [1.29, 1.82) is 0 Å². The predicted octanol–water partition coefficient (Wildman–Crippen LogP) is 4.29. The molecule has 0 unspecified atom stereocenters. The number of rotatable bonds is 7. The van der Waals surface area contributed by atoms with Gasteiger partial charge in [-0.15, -0.1) is 0 Å². The molecule has 1 aliphatic heterocycles. The van der Waals surface area contributed by atoms with Crippen LogP contribution in [0.25, 0.3) is 0 Å². The van der Waals surface area contributed by atoms with Crippen LogP contribution >= 0.6 is 0 Å². The normalized spacial score (nSPS) is 14.0. The first-order valence-electron chi connectivity index (χ1n) is 11.6. The van der Waals surface area contributed by atoms with Crippen molar-refractivity contribution >= 4 is 17.5 Å². The lowest BCUT2D eigenvalue weighted by Gasteiger charge is -2.35. The summed E-state index contributed by atoms with van der Waals surface area (Å²) in [5.41, 5.74) is 3.83. The van der Waals surface area contributed by atoms with Gasteiger partial charge in [-0.05, 0) is 36.1 Å². The van der Waals surface area contributed by atoms with Crippen LogP contribution in [0.3, 0.4) is 0 Å². The molecule has 0 atom stereocenters. The summed E-state index contributed by atoms with van der Waals surface area (Å²) in [6.07, 6.45) is 2.14. The lowest BCUT2D eigenvalue weighted by molar-refractivity contribution is -0.121. The summed E-state index contributed by atoms with van der Waals surface area (Å²) < 4.78 is 0. The molecule has 1 N–H and O–H groups in total. The summed E-state index contributed by atoms with van der Waals surface area (Å²) in [5.74, 6) is 0.0884. The fourth-order valence-electron chi connectivity index (χ4n) is 4.39. The molecule has 1 fully saturated rings. The molecule has 0 saturated carbocycles. The number of carbonyl (C=O) groups is 2. The summed E-state index contributed by atoms with van der Waals surface area (Å²) in [5, 5.41) is 3.18. The van der Waals surface area contributed by atoms with E-state index in [2.05, 4.69) is 10.2 Å². The Hall–Kier alpha value is -3.60. The van der Waals surface area contributed by atoms with Crippen LogP contribution in [0.15, 0.2) is 84.9 Å². The quantitative estimate of drug-likeness (QED) is 0.595. The monoisotopic (exact) mass is 441 g/mol. The topological polar surface area (TPSA) is 52.7 Å². The van der Waals surface area contributed by atoms with Gasteiger partial charge in [0.25, 0.3) is 5.91 Å². The Labute approximate surface area is 196 Å². The molecule has 1 heterocycles. The van der Waals surface area contributed by atoms with Crippen LogP contribution in [-0.4, -0.2) is 42.9 Å². The third-order valence-corrected chi connectivity index (χ3v) is 6.15. The van der Waals surface area contributed by atoms with Gasteiger partial charge in [-0.2, -0.15) is 0 Å². The van der Waals surface area contributed by atoms with Gasteiger partial charge in [-0.25, -0.2) is 0 Å². The van der Waals surface area contributed by atoms with Gasteiger partial charge in [0.05, 0.1) is 12.0 Å². The molecule has 4 rings (SSSR count). The molecule has 3 aromatic carbocycles. The fraction of sp³-hybridized carbons (Fsp3) is 0.286. The van der Waals surface area contributed by atoms with E-state index >= 15 is 0 Å². The summed E-state index contributed by atoms with van der Waals surface area (Å²) in [4.78, 5) is 29.7. The van der Waals surface area contributed by atoms with Crippen molar-refractivity contribution in [1.82, 2.24) is 10.2 Å². The third kappa shape index (κ3) is 6.01. The van der Waals surface area contributed by atoms with E-state index in [4.69, 9.17) is 0 Å². The largest absolute Gasteiger partial charge is 0.371 e. The number of hydrogen-bond acceptors (Lipinski definition) is 3. The Kier molecular flexibility index (Phi) is 7.40. The number of amides is 2. The molecule has 5 nitrogen and oxygen atoms in total. The summed E-state index contributed by atoms with van der Waals surface area (Å²) in [7, 11) is 1.85. The van der Waals surface area contributed by atoms with E-state index in [1.54, 1.807) is 4.90 Å². The van der Waals surface area contributed by atoms with Crippen molar-refractivity contribution in [3.63, 3.8) is 0 Å². The van der Waals surface area contributed by atoms with Gasteiger partial charge < -0.3 is 15.1 Å². The highest BCUT2D eigenvalue weighted by Gasteiger charge is 2.24. The molecule has 0 radical (unpaired) electrons. The van der Waals surface area contributed by atoms with E-state index in [1.165, 1.54) is 0 Å². The molecule has 170 valence electrons. The van der Waals surface area contributed by atoms with Gasteiger partial charge in [0, 0.05) is 38.4 Å². The molecule has 0 spiro atoms. The summed E-state index contributed by atoms with van der Waals surface area (Å²) in [6.45, 7) is 2.19. The number of nitrogens with zero attached hydrogens (tertiary/aromatic N) is 2. The first-order chi connectivity index (χ1) is 16.1. The first kappa shape index (κ1) is 22.6. The molecule has 1 aliphatic rings. The van der Waals surface area contributed by atoms with Crippen LogP contribution in [0, 0.1) is 0 Å². The van der Waals surface area contributed by atoms with E-state index in [9.17, 15) is 9.59 Å². The van der Waals surface area contributed by atoms with Crippen molar-refractivity contribution in [2.75, 3.05) is 25.0 Å². The number of para-hydroxylation sites is 1. The Morgan fingerprint density at radius 2 is 1.42 bits per heavy atom. The highest BCUT2D eigenvalue weighted by Crippen LogP contribution is 2.26. The minimum absolute atomic E-state index is 0.0211. The minimum atomic E-state index is 0.0211. The second-order valence-electron chi connectivity index (χ2n) is 8.66. The molecular weight excluding hydrogens is 410 g/mol. The highest BCUT2D eigenvalue weighted by atomic mass is 16.2. The molecule has 2 amide bonds. The van der Waals surface area contributed by atoms with Crippen molar-refractivity contribution < 1.29 is 9.59 Å². The van der Waals surface area contributed by atoms with Crippen molar-refractivity contribution in [3.8, 4) is 0 Å². The van der Waals surface area contributed by atoms with Crippen LogP contribution in [0.5, 0.6) is 0 Å². The molecule has 1 saturated heterocycles. The van der Waals surface area contributed by atoms with Crippen LogP contribution < -0.4 is 10.2 Å². The lowest BCUT2D eigenvalue weighted by Crippen LogP contribution is -2.45. The maximum atomic E-state index is 13.2. The predicted molar refractivity (Wildman–Crippen MR) is 132 cm³/mol. The number of hydrogen-bond donors (Lipinski definition) is 1. The van der Waals surface area contributed by atoms with Gasteiger partial charge in [-0.1, -0.05) is 72.8 Å². The average molecular weight is 442 g/mol. The highest BCUT2D eigenvalue weighted by molar-refractivity contribution is 5.99. The van der Waals surface area contributed by atoms with Gasteiger partial charge in [0.15, 0.2) is 0 Å². The Morgan fingerprint density at radius 3 is 2.09 bits per heavy atom. The van der Waals surface area contributed by atoms with Crippen LogP contribution in [0.2, 0.25) is 0 Å². The van der Waals surface area contributed by atoms with E-state index in [0.29, 0.717) is 13.0 Å². The van der Waals surface area contributed by atoms with E-state index < -0.39 is 0 Å². The second kappa shape index (κ2) is 10.8. The molecule has 5 heteroatoms.